The number of carbonyl (C=O) groups excluding carboxylic acids is 1. The van der Waals surface area contributed by atoms with Crippen LogP contribution in [0.5, 0.6) is 0 Å². The summed E-state index contributed by atoms with van der Waals surface area (Å²) in [6, 6.07) is 3.39. The summed E-state index contributed by atoms with van der Waals surface area (Å²) in [6.45, 7) is 3.70. The van der Waals surface area contributed by atoms with Gasteiger partial charge in [0.05, 0.1) is 35.4 Å². The van der Waals surface area contributed by atoms with Gasteiger partial charge in [0.15, 0.2) is 5.16 Å². The zero-order chi connectivity index (χ0) is 20.3. The standard InChI is InChI=1S/C17H20F3N5O2S/c1-11(28-16-23-21-10-24(16)2)15(26)22-13-9-12(17(18,19)20)3-4-14(13)25-5-7-27-8-6-25/h3-4,9-11H,5-8H2,1-2H3,(H,22,26)/t11-/m0/s1. The number of amides is 1. The summed E-state index contributed by atoms with van der Waals surface area (Å²) < 4.78 is 46.5. The molecule has 28 heavy (non-hydrogen) atoms. The second-order valence-corrected chi connectivity index (χ2v) is 7.61. The zero-order valence-corrected chi connectivity index (χ0v) is 16.2. The van der Waals surface area contributed by atoms with E-state index in [0.29, 0.717) is 37.1 Å². The van der Waals surface area contributed by atoms with E-state index in [-0.39, 0.29) is 5.69 Å². The van der Waals surface area contributed by atoms with E-state index in [9.17, 15) is 18.0 Å². The van der Waals surface area contributed by atoms with Crippen LogP contribution >= 0.6 is 11.8 Å². The van der Waals surface area contributed by atoms with E-state index in [2.05, 4.69) is 15.5 Å². The van der Waals surface area contributed by atoms with E-state index in [1.165, 1.54) is 24.2 Å². The zero-order valence-electron chi connectivity index (χ0n) is 15.4. The van der Waals surface area contributed by atoms with Crippen LogP contribution in [0.25, 0.3) is 0 Å². The number of aromatic nitrogens is 3. The van der Waals surface area contributed by atoms with Crippen molar-refractivity contribution in [1.82, 2.24) is 14.8 Å². The molecule has 0 aliphatic carbocycles. The maximum absolute atomic E-state index is 13.2. The Morgan fingerprint density at radius 1 is 1.32 bits per heavy atom. The van der Waals surface area contributed by atoms with Gasteiger partial charge in [-0.1, -0.05) is 11.8 Å². The minimum absolute atomic E-state index is 0.132. The van der Waals surface area contributed by atoms with Gasteiger partial charge in [0.1, 0.15) is 6.33 Å². The predicted molar refractivity (Wildman–Crippen MR) is 99.4 cm³/mol. The molecule has 3 rings (SSSR count). The first-order chi connectivity index (χ1) is 13.3. The van der Waals surface area contributed by atoms with E-state index < -0.39 is 22.9 Å². The molecule has 0 bridgehead atoms. The number of nitrogens with one attached hydrogen (secondary N) is 1. The van der Waals surface area contributed by atoms with E-state index in [0.717, 1.165) is 12.1 Å². The average molecular weight is 415 g/mol. The number of ether oxygens (including phenoxy) is 1. The molecule has 1 amide bonds. The summed E-state index contributed by atoms with van der Waals surface area (Å²) in [6.07, 6.45) is -2.99. The fraction of sp³-hybridized carbons (Fsp3) is 0.471. The lowest BCUT2D eigenvalue weighted by atomic mass is 10.1. The molecule has 7 nitrogen and oxygen atoms in total. The van der Waals surface area contributed by atoms with Crippen LogP contribution in [-0.2, 0) is 22.8 Å². The Morgan fingerprint density at radius 2 is 2.04 bits per heavy atom. The minimum atomic E-state index is -4.50. The molecule has 1 aromatic heterocycles. The normalized spacial score (nSPS) is 16.1. The van der Waals surface area contributed by atoms with Crippen LogP contribution in [0.4, 0.5) is 24.5 Å². The van der Waals surface area contributed by atoms with Gasteiger partial charge in [0.25, 0.3) is 0 Å². The lowest BCUT2D eigenvalue weighted by Crippen LogP contribution is -2.37. The van der Waals surface area contributed by atoms with Crippen molar-refractivity contribution in [3.8, 4) is 0 Å². The molecule has 152 valence electrons. The smallest absolute Gasteiger partial charge is 0.378 e. The molecule has 1 aliphatic heterocycles. The number of nitrogens with zero attached hydrogens (tertiary/aromatic N) is 4. The molecule has 1 aliphatic rings. The van der Waals surface area contributed by atoms with Crippen molar-refractivity contribution in [3.63, 3.8) is 0 Å². The number of carbonyl (C=O) groups is 1. The van der Waals surface area contributed by atoms with Gasteiger partial charge in [-0.25, -0.2) is 0 Å². The number of halogens is 3. The number of anilines is 2. The molecule has 0 saturated carbocycles. The number of hydrogen-bond donors (Lipinski definition) is 1. The number of thioether (sulfide) groups is 1. The molecule has 1 saturated heterocycles. The van der Waals surface area contributed by atoms with Gasteiger partial charge >= 0.3 is 6.18 Å². The van der Waals surface area contributed by atoms with Gasteiger partial charge in [-0.05, 0) is 25.1 Å². The van der Waals surface area contributed by atoms with E-state index in [1.807, 2.05) is 4.90 Å². The molecular formula is C17H20F3N5O2S. The van der Waals surface area contributed by atoms with Gasteiger partial charge in [0.2, 0.25) is 5.91 Å². The average Bonchev–Trinajstić information content (AvgIpc) is 3.06. The molecule has 11 heteroatoms. The Hall–Kier alpha value is -2.27. The van der Waals surface area contributed by atoms with Gasteiger partial charge in [0, 0.05) is 20.1 Å². The molecule has 0 unspecified atom stereocenters. The molecule has 0 spiro atoms. The summed E-state index contributed by atoms with van der Waals surface area (Å²) in [5.74, 6) is -0.415. The Bertz CT molecular complexity index is 836. The van der Waals surface area contributed by atoms with Gasteiger partial charge in [-0.15, -0.1) is 10.2 Å². The topological polar surface area (TPSA) is 72.3 Å². The van der Waals surface area contributed by atoms with Crippen molar-refractivity contribution in [2.45, 2.75) is 23.5 Å². The first kappa shape index (κ1) is 20.5. The van der Waals surface area contributed by atoms with Crippen LogP contribution in [-0.4, -0.2) is 52.2 Å². The minimum Gasteiger partial charge on any atom is -0.378 e. The second-order valence-electron chi connectivity index (χ2n) is 6.30. The fourth-order valence-electron chi connectivity index (χ4n) is 2.72. The SMILES string of the molecule is C[C@H](Sc1nncn1C)C(=O)Nc1cc(C(F)(F)F)ccc1N1CCOCC1. The van der Waals surface area contributed by atoms with Crippen LogP contribution in [0.15, 0.2) is 29.7 Å². The summed E-state index contributed by atoms with van der Waals surface area (Å²) >= 11 is 1.18. The van der Waals surface area contributed by atoms with Crippen LogP contribution in [0.1, 0.15) is 12.5 Å². The summed E-state index contributed by atoms with van der Waals surface area (Å²) in [4.78, 5) is 14.5. The number of morpholine rings is 1. The number of aryl methyl sites for hydroxylation is 1. The highest BCUT2D eigenvalue weighted by Gasteiger charge is 2.32. The Balaban J connectivity index is 1.83. The van der Waals surface area contributed by atoms with Crippen LogP contribution in [0.2, 0.25) is 0 Å². The predicted octanol–water partition coefficient (Wildman–Crippen LogP) is 2.79. The fourth-order valence-corrected chi connectivity index (χ4v) is 3.51. The molecule has 0 radical (unpaired) electrons. The molecule has 1 N–H and O–H groups in total. The monoisotopic (exact) mass is 415 g/mol. The third-order valence-corrected chi connectivity index (χ3v) is 5.40. The molecule has 2 heterocycles. The second kappa shape index (κ2) is 8.39. The highest BCUT2D eigenvalue weighted by atomic mass is 32.2. The van der Waals surface area contributed by atoms with Crippen LogP contribution < -0.4 is 10.2 Å². The highest BCUT2D eigenvalue weighted by molar-refractivity contribution is 8.00. The van der Waals surface area contributed by atoms with Gasteiger partial charge < -0.3 is 19.5 Å². The van der Waals surface area contributed by atoms with Crippen molar-refractivity contribution in [2.75, 3.05) is 36.5 Å². The number of alkyl halides is 3. The molecule has 1 fully saturated rings. The van der Waals surface area contributed by atoms with E-state index >= 15 is 0 Å². The Kier molecular flexibility index (Phi) is 6.14. The third-order valence-electron chi connectivity index (χ3n) is 4.25. The summed E-state index contributed by atoms with van der Waals surface area (Å²) in [5, 5.41) is 10.3. The van der Waals surface area contributed by atoms with Crippen molar-refractivity contribution >= 4 is 29.0 Å². The van der Waals surface area contributed by atoms with Crippen molar-refractivity contribution in [2.24, 2.45) is 7.05 Å². The number of hydrogen-bond acceptors (Lipinski definition) is 6. The maximum Gasteiger partial charge on any atom is 0.416 e. The molecular weight excluding hydrogens is 395 g/mol. The number of rotatable bonds is 5. The Morgan fingerprint density at radius 3 is 2.64 bits per heavy atom. The molecule has 1 aromatic carbocycles. The summed E-state index contributed by atoms with van der Waals surface area (Å²) in [7, 11) is 1.75. The van der Waals surface area contributed by atoms with Crippen molar-refractivity contribution < 1.29 is 22.7 Å². The number of benzene rings is 1. The van der Waals surface area contributed by atoms with E-state index in [1.54, 1.807) is 18.5 Å². The Labute approximate surface area is 164 Å². The van der Waals surface area contributed by atoms with Crippen molar-refractivity contribution in [3.05, 3.63) is 30.1 Å². The van der Waals surface area contributed by atoms with Crippen molar-refractivity contribution in [1.29, 1.82) is 0 Å². The van der Waals surface area contributed by atoms with Crippen LogP contribution in [0, 0.1) is 0 Å². The first-order valence-corrected chi connectivity index (χ1v) is 9.49. The van der Waals surface area contributed by atoms with Crippen LogP contribution in [0.3, 0.4) is 0 Å². The first-order valence-electron chi connectivity index (χ1n) is 8.61. The third kappa shape index (κ3) is 4.76. The van der Waals surface area contributed by atoms with E-state index in [4.69, 9.17) is 4.74 Å². The maximum atomic E-state index is 13.2. The quantitative estimate of drug-likeness (QED) is 0.758. The highest BCUT2D eigenvalue weighted by Crippen LogP contribution is 2.36. The van der Waals surface area contributed by atoms with Gasteiger partial charge in [-0.3, -0.25) is 4.79 Å². The molecule has 1 atom stereocenters. The van der Waals surface area contributed by atoms with Gasteiger partial charge in [-0.2, -0.15) is 13.2 Å². The lowest BCUT2D eigenvalue weighted by molar-refractivity contribution is -0.137. The lowest BCUT2D eigenvalue weighted by Gasteiger charge is -2.31. The largest absolute Gasteiger partial charge is 0.416 e. The summed E-state index contributed by atoms with van der Waals surface area (Å²) in [5.41, 5.74) is -0.138. The molecule has 2 aromatic rings.